The number of amides is 2. The third kappa shape index (κ3) is 3.56. The SMILES string of the molecule is C[C@@H]1CC(=O)N[C@H](C(=O)NCCc2cncn2C)C1. The van der Waals surface area contributed by atoms with Crippen LogP contribution in [0.5, 0.6) is 0 Å². The van der Waals surface area contributed by atoms with E-state index >= 15 is 0 Å². The molecule has 1 aliphatic heterocycles. The lowest BCUT2D eigenvalue weighted by Gasteiger charge is -2.26. The van der Waals surface area contributed by atoms with E-state index in [0.717, 1.165) is 12.1 Å². The van der Waals surface area contributed by atoms with Crippen LogP contribution < -0.4 is 10.6 Å². The maximum Gasteiger partial charge on any atom is 0.242 e. The minimum Gasteiger partial charge on any atom is -0.354 e. The molecule has 1 aromatic rings. The summed E-state index contributed by atoms with van der Waals surface area (Å²) in [5.41, 5.74) is 1.07. The average Bonchev–Trinajstić information content (AvgIpc) is 2.74. The van der Waals surface area contributed by atoms with Crippen LogP contribution in [0.25, 0.3) is 0 Å². The highest BCUT2D eigenvalue weighted by molar-refractivity contribution is 5.88. The second-order valence-corrected chi connectivity index (χ2v) is 5.20. The normalized spacial score (nSPS) is 22.9. The number of imidazole rings is 1. The Morgan fingerprint density at radius 1 is 1.63 bits per heavy atom. The number of aromatic nitrogens is 2. The number of aryl methyl sites for hydroxylation is 1. The molecule has 104 valence electrons. The van der Waals surface area contributed by atoms with E-state index in [0.29, 0.717) is 19.4 Å². The third-order valence-electron chi connectivity index (χ3n) is 3.42. The number of hydrogen-bond acceptors (Lipinski definition) is 3. The van der Waals surface area contributed by atoms with Gasteiger partial charge in [-0.2, -0.15) is 0 Å². The molecule has 1 aromatic heterocycles. The number of piperidine rings is 1. The van der Waals surface area contributed by atoms with Gasteiger partial charge in [0.1, 0.15) is 6.04 Å². The van der Waals surface area contributed by atoms with Crippen molar-refractivity contribution in [3.8, 4) is 0 Å². The first-order valence-electron chi connectivity index (χ1n) is 6.58. The molecule has 0 radical (unpaired) electrons. The number of carbonyl (C=O) groups is 2. The summed E-state index contributed by atoms with van der Waals surface area (Å²) in [6, 6.07) is -0.386. The summed E-state index contributed by atoms with van der Waals surface area (Å²) in [5, 5.41) is 5.60. The van der Waals surface area contributed by atoms with Gasteiger partial charge in [-0.15, -0.1) is 0 Å². The van der Waals surface area contributed by atoms with Crippen molar-refractivity contribution < 1.29 is 9.59 Å². The molecule has 19 heavy (non-hydrogen) atoms. The van der Waals surface area contributed by atoms with E-state index in [1.807, 2.05) is 18.5 Å². The van der Waals surface area contributed by atoms with E-state index in [9.17, 15) is 9.59 Å². The molecule has 1 saturated heterocycles. The lowest BCUT2D eigenvalue weighted by Crippen LogP contribution is -2.51. The lowest BCUT2D eigenvalue weighted by atomic mass is 9.93. The van der Waals surface area contributed by atoms with Crippen LogP contribution in [0.4, 0.5) is 0 Å². The Labute approximate surface area is 112 Å². The Balaban J connectivity index is 1.78. The average molecular weight is 264 g/mol. The summed E-state index contributed by atoms with van der Waals surface area (Å²) >= 11 is 0. The van der Waals surface area contributed by atoms with Gasteiger partial charge in [-0.1, -0.05) is 6.92 Å². The van der Waals surface area contributed by atoms with E-state index in [-0.39, 0.29) is 23.8 Å². The number of carbonyl (C=O) groups excluding carboxylic acids is 2. The Kier molecular flexibility index (Phi) is 4.19. The Bertz CT molecular complexity index is 469. The van der Waals surface area contributed by atoms with Crippen molar-refractivity contribution in [3.05, 3.63) is 18.2 Å². The molecular formula is C13H20N4O2. The fourth-order valence-corrected chi connectivity index (χ4v) is 2.35. The minimum atomic E-state index is -0.386. The standard InChI is InChI=1S/C13H20N4O2/c1-9-5-11(16-12(18)6-9)13(19)15-4-3-10-7-14-8-17(10)2/h7-9,11H,3-6H2,1-2H3,(H,15,19)(H,16,18)/t9-,11-/m0/s1. The highest BCUT2D eigenvalue weighted by Gasteiger charge is 2.28. The van der Waals surface area contributed by atoms with E-state index < -0.39 is 0 Å². The molecule has 1 fully saturated rings. The van der Waals surface area contributed by atoms with Crippen LogP contribution in [0.15, 0.2) is 12.5 Å². The summed E-state index contributed by atoms with van der Waals surface area (Å²) in [6.07, 6.45) is 5.48. The van der Waals surface area contributed by atoms with Crippen LogP contribution in [0, 0.1) is 5.92 Å². The molecule has 2 amide bonds. The molecule has 6 heteroatoms. The lowest BCUT2D eigenvalue weighted by molar-refractivity contribution is -0.132. The van der Waals surface area contributed by atoms with Gasteiger partial charge in [0.25, 0.3) is 0 Å². The molecular weight excluding hydrogens is 244 g/mol. The Hall–Kier alpha value is -1.85. The highest BCUT2D eigenvalue weighted by atomic mass is 16.2. The molecule has 0 saturated carbocycles. The molecule has 0 aliphatic carbocycles. The summed E-state index contributed by atoms with van der Waals surface area (Å²) < 4.78 is 1.93. The topological polar surface area (TPSA) is 76.0 Å². The number of rotatable bonds is 4. The van der Waals surface area contributed by atoms with Crippen LogP contribution >= 0.6 is 0 Å². The molecule has 2 atom stereocenters. The molecule has 0 bridgehead atoms. The van der Waals surface area contributed by atoms with E-state index in [4.69, 9.17) is 0 Å². The van der Waals surface area contributed by atoms with Gasteiger partial charge in [0.15, 0.2) is 0 Å². The van der Waals surface area contributed by atoms with Gasteiger partial charge >= 0.3 is 0 Å². The van der Waals surface area contributed by atoms with Crippen molar-refractivity contribution in [2.24, 2.45) is 13.0 Å². The first-order chi connectivity index (χ1) is 9.06. The second kappa shape index (κ2) is 5.86. The smallest absolute Gasteiger partial charge is 0.242 e. The van der Waals surface area contributed by atoms with Gasteiger partial charge in [-0.25, -0.2) is 4.98 Å². The van der Waals surface area contributed by atoms with Crippen LogP contribution in [-0.4, -0.2) is 34.0 Å². The van der Waals surface area contributed by atoms with E-state index in [1.165, 1.54) is 0 Å². The van der Waals surface area contributed by atoms with Gasteiger partial charge in [0, 0.05) is 38.3 Å². The number of hydrogen-bond donors (Lipinski definition) is 2. The number of nitrogens with one attached hydrogen (secondary N) is 2. The van der Waals surface area contributed by atoms with Gasteiger partial charge in [-0.3, -0.25) is 9.59 Å². The largest absolute Gasteiger partial charge is 0.354 e. The summed E-state index contributed by atoms with van der Waals surface area (Å²) in [7, 11) is 1.92. The zero-order valence-electron chi connectivity index (χ0n) is 11.3. The predicted molar refractivity (Wildman–Crippen MR) is 70.3 cm³/mol. The zero-order chi connectivity index (χ0) is 13.8. The van der Waals surface area contributed by atoms with Crippen molar-refractivity contribution >= 4 is 11.8 Å². The molecule has 0 aromatic carbocycles. The fraction of sp³-hybridized carbons (Fsp3) is 0.615. The van der Waals surface area contributed by atoms with Gasteiger partial charge < -0.3 is 15.2 Å². The molecule has 0 unspecified atom stereocenters. The Morgan fingerprint density at radius 2 is 2.42 bits per heavy atom. The molecule has 0 spiro atoms. The van der Waals surface area contributed by atoms with Crippen LogP contribution in [-0.2, 0) is 23.1 Å². The van der Waals surface area contributed by atoms with Crippen LogP contribution in [0.2, 0.25) is 0 Å². The quantitative estimate of drug-likeness (QED) is 0.803. The van der Waals surface area contributed by atoms with Crippen LogP contribution in [0.1, 0.15) is 25.5 Å². The Morgan fingerprint density at radius 3 is 3.05 bits per heavy atom. The van der Waals surface area contributed by atoms with Crippen LogP contribution in [0.3, 0.4) is 0 Å². The highest BCUT2D eigenvalue weighted by Crippen LogP contribution is 2.15. The molecule has 1 aliphatic rings. The summed E-state index contributed by atoms with van der Waals surface area (Å²) in [4.78, 5) is 27.4. The van der Waals surface area contributed by atoms with E-state index in [1.54, 1.807) is 12.5 Å². The van der Waals surface area contributed by atoms with Crippen molar-refractivity contribution in [2.75, 3.05) is 6.54 Å². The summed E-state index contributed by atoms with van der Waals surface area (Å²) in [5.74, 6) is 0.133. The van der Waals surface area contributed by atoms with Crippen molar-refractivity contribution in [1.82, 2.24) is 20.2 Å². The van der Waals surface area contributed by atoms with Crippen molar-refractivity contribution in [2.45, 2.75) is 32.2 Å². The van der Waals surface area contributed by atoms with E-state index in [2.05, 4.69) is 15.6 Å². The third-order valence-corrected chi connectivity index (χ3v) is 3.42. The molecule has 2 rings (SSSR count). The molecule has 2 heterocycles. The second-order valence-electron chi connectivity index (χ2n) is 5.20. The van der Waals surface area contributed by atoms with Crippen molar-refractivity contribution in [3.63, 3.8) is 0 Å². The maximum atomic E-state index is 12.0. The zero-order valence-corrected chi connectivity index (χ0v) is 11.3. The number of nitrogens with zero attached hydrogens (tertiary/aromatic N) is 2. The predicted octanol–water partition coefficient (Wildman–Crippen LogP) is -0.00650. The van der Waals surface area contributed by atoms with Gasteiger partial charge in [0.2, 0.25) is 11.8 Å². The minimum absolute atomic E-state index is 0.0365. The maximum absolute atomic E-state index is 12.0. The van der Waals surface area contributed by atoms with Crippen molar-refractivity contribution in [1.29, 1.82) is 0 Å². The van der Waals surface area contributed by atoms with Gasteiger partial charge in [0.05, 0.1) is 6.33 Å². The van der Waals surface area contributed by atoms with Gasteiger partial charge in [-0.05, 0) is 12.3 Å². The monoisotopic (exact) mass is 264 g/mol. The molecule has 2 N–H and O–H groups in total. The summed E-state index contributed by atoms with van der Waals surface area (Å²) in [6.45, 7) is 2.55. The molecule has 6 nitrogen and oxygen atoms in total. The first kappa shape index (κ1) is 13.6. The first-order valence-corrected chi connectivity index (χ1v) is 6.58. The fourth-order valence-electron chi connectivity index (χ4n) is 2.35.